The minimum absolute atomic E-state index is 0.0601. The molecule has 0 atom stereocenters. The van der Waals surface area contributed by atoms with Gasteiger partial charge in [0.1, 0.15) is 11.2 Å². The molecule has 0 radical (unpaired) electrons. The Kier molecular flexibility index (Phi) is 19.6. The molecule has 0 saturated heterocycles. The van der Waals surface area contributed by atoms with Crippen molar-refractivity contribution in [3.8, 4) is 0 Å². The molecule has 2 amide bonds. The molecule has 0 aliphatic heterocycles. The van der Waals surface area contributed by atoms with Gasteiger partial charge in [0.15, 0.2) is 0 Å². The van der Waals surface area contributed by atoms with Crippen molar-refractivity contribution in [2.45, 2.75) is 52.7 Å². The van der Waals surface area contributed by atoms with Gasteiger partial charge in [0.05, 0.1) is 0 Å². The van der Waals surface area contributed by atoms with E-state index >= 15 is 0 Å². The van der Waals surface area contributed by atoms with Crippen LogP contribution < -0.4 is 10.6 Å². The van der Waals surface area contributed by atoms with Crippen molar-refractivity contribution >= 4 is 48.5 Å². The molecular formula is C22H50N4O10P2S2. The van der Waals surface area contributed by atoms with Crippen LogP contribution in [0.1, 0.15) is 41.5 Å². The molecule has 0 heterocycles. The maximum Gasteiger partial charge on any atom is 0.410 e. The van der Waals surface area contributed by atoms with E-state index in [0.29, 0.717) is 28.5 Å². The summed E-state index contributed by atoms with van der Waals surface area (Å²) < 4.78 is 32.3. The summed E-state index contributed by atoms with van der Waals surface area (Å²) in [4.78, 5) is 62.5. The van der Waals surface area contributed by atoms with E-state index in [-0.39, 0.29) is 24.8 Å². The number of hydrogen-bond donors (Lipinski definition) is 6. The number of carbonyl (C=O) groups is 2. The van der Waals surface area contributed by atoms with Gasteiger partial charge in [0.2, 0.25) is 0 Å². The second kappa shape index (κ2) is 18.9. The SMILES string of the molecule is CN(CC(CSP(=O)(O)O)CN(C)C(=O)OC(C)(C)C)C(=O)OC(C)(C)C.CNCC(CNC)CSP(=O)(O)O. The topological polar surface area (TPSA) is 198 Å². The highest BCUT2D eigenvalue weighted by Crippen LogP contribution is 2.51. The normalized spacial score (nSPS) is 12.6. The van der Waals surface area contributed by atoms with Crippen LogP contribution in [0.3, 0.4) is 0 Å². The average Bonchev–Trinajstić information content (AvgIpc) is 2.73. The summed E-state index contributed by atoms with van der Waals surface area (Å²) in [6.07, 6.45) is -1.10. The lowest BCUT2D eigenvalue weighted by Gasteiger charge is -2.30. The van der Waals surface area contributed by atoms with Crippen LogP contribution in [0.2, 0.25) is 0 Å². The molecule has 0 aromatic carbocycles. The van der Waals surface area contributed by atoms with Crippen LogP contribution in [0.4, 0.5) is 9.59 Å². The average molecular weight is 657 g/mol. The number of ether oxygens (including phenoxy) is 2. The lowest BCUT2D eigenvalue weighted by Crippen LogP contribution is -2.42. The molecule has 0 aliphatic rings. The van der Waals surface area contributed by atoms with Crippen LogP contribution in [0.15, 0.2) is 0 Å². The Morgan fingerprint density at radius 3 is 1.27 bits per heavy atom. The molecule has 18 heteroatoms. The zero-order valence-corrected chi connectivity index (χ0v) is 28.7. The first kappa shape index (κ1) is 41.6. The van der Waals surface area contributed by atoms with Crippen molar-refractivity contribution in [3.63, 3.8) is 0 Å². The van der Waals surface area contributed by atoms with Crippen LogP contribution >= 0.6 is 36.4 Å². The van der Waals surface area contributed by atoms with E-state index in [1.807, 2.05) is 14.1 Å². The van der Waals surface area contributed by atoms with E-state index in [9.17, 15) is 18.7 Å². The van der Waals surface area contributed by atoms with Crippen LogP contribution in [0.25, 0.3) is 0 Å². The number of nitrogens with one attached hydrogen (secondary N) is 2. The highest BCUT2D eigenvalue weighted by atomic mass is 32.7. The van der Waals surface area contributed by atoms with E-state index in [2.05, 4.69) is 10.6 Å². The fourth-order valence-corrected chi connectivity index (χ4v) is 6.63. The zero-order chi connectivity index (χ0) is 31.9. The molecule has 0 saturated carbocycles. The van der Waals surface area contributed by atoms with Crippen molar-refractivity contribution in [1.82, 2.24) is 20.4 Å². The summed E-state index contributed by atoms with van der Waals surface area (Å²) in [5.41, 5.74) is -1.32. The van der Waals surface area contributed by atoms with Gasteiger partial charge in [-0.2, -0.15) is 0 Å². The summed E-state index contributed by atoms with van der Waals surface area (Å²) in [6.45, 7) is 4.14. The summed E-state index contributed by atoms with van der Waals surface area (Å²) >= 11 is 1.19. The Morgan fingerprint density at radius 1 is 0.725 bits per heavy atom. The fraction of sp³-hybridized carbons (Fsp3) is 0.909. The van der Waals surface area contributed by atoms with E-state index in [4.69, 9.17) is 29.0 Å². The zero-order valence-electron chi connectivity index (χ0n) is 25.2. The number of carbonyl (C=O) groups excluding carboxylic acids is 2. The second-order valence-electron chi connectivity index (χ2n) is 11.1. The maximum atomic E-state index is 12.1. The predicted octanol–water partition coefficient (Wildman–Crippen LogP) is 3.03. The molecule has 0 fully saturated rings. The number of hydrogen-bond acceptors (Lipinski definition) is 10. The van der Waals surface area contributed by atoms with Gasteiger partial charge in [-0.3, -0.25) is 0 Å². The number of rotatable bonds is 14. The maximum absolute atomic E-state index is 12.1. The van der Waals surface area contributed by atoms with Crippen LogP contribution in [0.5, 0.6) is 0 Å². The molecule has 0 aromatic heterocycles. The minimum atomic E-state index is -4.27. The summed E-state index contributed by atoms with van der Waals surface area (Å²) in [5.74, 6) is 0.376. The smallest absolute Gasteiger partial charge is 0.410 e. The third-order valence-corrected chi connectivity index (χ3v) is 9.24. The van der Waals surface area contributed by atoms with Crippen LogP contribution in [-0.2, 0) is 18.6 Å². The van der Waals surface area contributed by atoms with Crippen LogP contribution in [-0.4, -0.2) is 119 Å². The van der Waals surface area contributed by atoms with Crippen molar-refractivity contribution in [3.05, 3.63) is 0 Å². The quantitative estimate of drug-likeness (QED) is 0.149. The highest BCUT2D eigenvalue weighted by molar-refractivity contribution is 8.54. The standard InChI is InChI=1S/C16H33N2O7PS.C6H17N2O3PS/c1-15(2,3)24-13(19)17(7)9-12(11-27-26(21,22)23)10-18(8)14(20)25-16(4,5)6;1-7-3-6(4-8-2)5-13-12(9,10)11/h12H,9-11H2,1-8H3,(H2,21,22,23);6-8H,3-5H2,1-2H3,(H2,9,10,11). The van der Waals surface area contributed by atoms with Gasteiger partial charge in [0.25, 0.3) is 0 Å². The Labute approximate surface area is 246 Å². The molecule has 0 rings (SSSR count). The predicted molar refractivity (Wildman–Crippen MR) is 162 cm³/mol. The summed E-state index contributed by atoms with van der Waals surface area (Å²) in [5, 5.41) is 5.97. The molecule has 0 bridgehead atoms. The van der Waals surface area contributed by atoms with Crippen molar-refractivity contribution in [1.29, 1.82) is 0 Å². The van der Waals surface area contributed by atoms with E-state index in [1.165, 1.54) is 23.9 Å². The van der Waals surface area contributed by atoms with Gasteiger partial charge < -0.3 is 49.5 Å². The lowest BCUT2D eigenvalue weighted by molar-refractivity contribution is 0.0222. The largest absolute Gasteiger partial charge is 0.444 e. The molecule has 0 unspecified atom stereocenters. The molecule has 0 aliphatic carbocycles. The summed E-state index contributed by atoms with van der Waals surface area (Å²) in [6, 6.07) is 0. The van der Waals surface area contributed by atoms with Gasteiger partial charge in [-0.15, -0.1) is 0 Å². The first-order chi connectivity index (χ1) is 17.9. The van der Waals surface area contributed by atoms with Crippen molar-refractivity contribution < 1.29 is 47.8 Å². The van der Waals surface area contributed by atoms with E-state index in [1.54, 1.807) is 41.5 Å². The van der Waals surface area contributed by atoms with Gasteiger partial charge in [-0.05, 0) is 97.4 Å². The molecule has 14 nitrogen and oxygen atoms in total. The monoisotopic (exact) mass is 656 g/mol. The Hall–Kier alpha value is -0.540. The Bertz CT molecular complexity index is 804. The molecule has 0 aromatic rings. The first-order valence-electron chi connectivity index (χ1n) is 12.5. The van der Waals surface area contributed by atoms with E-state index in [0.717, 1.165) is 13.1 Å². The van der Waals surface area contributed by atoms with Gasteiger partial charge in [-0.25, -0.2) is 18.7 Å². The Balaban J connectivity index is 0. The lowest BCUT2D eigenvalue weighted by atomic mass is 10.1. The highest BCUT2D eigenvalue weighted by Gasteiger charge is 2.27. The molecule has 0 spiro atoms. The van der Waals surface area contributed by atoms with Crippen molar-refractivity contribution in [2.75, 3.05) is 65.9 Å². The van der Waals surface area contributed by atoms with E-state index < -0.39 is 42.9 Å². The first-order valence-corrected chi connectivity index (χ1v) is 18.9. The molecule has 240 valence electrons. The van der Waals surface area contributed by atoms with Crippen molar-refractivity contribution in [2.24, 2.45) is 11.8 Å². The Morgan fingerprint density at radius 2 is 1.02 bits per heavy atom. The third kappa shape index (κ3) is 26.4. The number of amides is 2. The molecule has 6 N–H and O–H groups in total. The van der Waals surface area contributed by atoms with Crippen LogP contribution in [0, 0.1) is 11.8 Å². The number of nitrogens with zero attached hydrogens (tertiary/aromatic N) is 2. The molecule has 40 heavy (non-hydrogen) atoms. The summed E-state index contributed by atoms with van der Waals surface area (Å²) in [7, 11) is 6.73. The minimum Gasteiger partial charge on any atom is -0.444 e. The third-order valence-electron chi connectivity index (χ3n) is 4.42. The van der Waals surface area contributed by atoms with Gasteiger partial charge in [0, 0.05) is 44.6 Å². The van der Waals surface area contributed by atoms with Gasteiger partial charge in [-0.1, -0.05) is 0 Å². The second-order valence-corrected chi connectivity index (χ2v) is 18.7. The fourth-order valence-electron chi connectivity index (χ4n) is 2.94. The van der Waals surface area contributed by atoms with Gasteiger partial charge >= 0.3 is 25.8 Å². The molecular weight excluding hydrogens is 606 g/mol.